The molecule has 2 aromatic rings. The maximum Gasteiger partial charge on any atom is 0.203 e. The first-order chi connectivity index (χ1) is 13.0. The van der Waals surface area contributed by atoms with Crippen LogP contribution in [0.4, 0.5) is 0 Å². The highest BCUT2D eigenvalue weighted by Gasteiger charge is 2.27. The Morgan fingerprint density at radius 3 is 1.74 bits per heavy atom. The quantitative estimate of drug-likeness (QED) is 0.606. The molecule has 3 N–H and O–H groups in total. The van der Waals surface area contributed by atoms with Gasteiger partial charge in [-0.3, -0.25) is 0 Å². The molecule has 0 aliphatic rings. The summed E-state index contributed by atoms with van der Waals surface area (Å²) in [6, 6.07) is 7.95. The molecule has 0 bridgehead atoms. The Hall–Kier alpha value is -2.84. The summed E-state index contributed by atoms with van der Waals surface area (Å²) >= 11 is 0. The number of aromatic hydroxyl groups is 1. The van der Waals surface area contributed by atoms with Crippen molar-refractivity contribution < 1.29 is 39.0 Å². The Kier molecular flexibility index (Phi) is 6.98. The average Bonchev–Trinajstić information content (AvgIpc) is 2.71. The van der Waals surface area contributed by atoms with Gasteiger partial charge in [-0.05, 0) is 29.8 Å². The monoisotopic (exact) mass is 380 g/mol. The van der Waals surface area contributed by atoms with Gasteiger partial charge in [-0.15, -0.1) is 0 Å². The van der Waals surface area contributed by atoms with E-state index in [0.29, 0.717) is 17.1 Å². The van der Waals surface area contributed by atoms with Gasteiger partial charge in [0, 0.05) is 0 Å². The van der Waals surface area contributed by atoms with Crippen LogP contribution in [0.3, 0.4) is 0 Å². The van der Waals surface area contributed by atoms with Gasteiger partial charge in [0.2, 0.25) is 11.5 Å². The molecule has 148 valence electrons. The molecule has 2 aromatic carbocycles. The summed E-state index contributed by atoms with van der Waals surface area (Å²) in [4.78, 5) is 0. The van der Waals surface area contributed by atoms with Crippen LogP contribution in [-0.2, 0) is 0 Å². The molecule has 0 amide bonds. The SMILES string of the molecule is COc1cc([C@H](O)[C@@H](CO)Oc2c(OC)cccc2OC)cc(OC)c1O. The number of phenols is 1. The van der Waals surface area contributed by atoms with Crippen molar-refractivity contribution in [2.45, 2.75) is 12.2 Å². The lowest BCUT2D eigenvalue weighted by atomic mass is 10.0. The highest BCUT2D eigenvalue weighted by molar-refractivity contribution is 5.54. The normalized spacial score (nSPS) is 12.8. The Labute approximate surface area is 157 Å². The lowest BCUT2D eigenvalue weighted by Gasteiger charge is -2.25. The molecule has 27 heavy (non-hydrogen) atoms. The Balaban J connectivity index is 2.39. The Bertz CT molecular complexity index is 714. The Morgan fingerprint density at radius 1 is 0.852 bits per heavy atom. The zero-order chi connectivity index (χ0) is 20.0. The van der Waals surface area contributed by atoms with Gasteiger partial charge in [-0.2, -0.15) is 0 Å². The van der Waals surface area contributed by atoms with Crippen LogP contribution in [0.1, 0.15) is 11.7 Å². The van der Waals surface area contributed by atoms with Crippen molar-refractivity contribution in [2.75, 3.05) is 35.0 Å². The van der Waals surface area contributed by atoms with E-state index in [1.807, 2.05) is 0 Å². The van der Waals surface area contributed by atoms with E-state index < -0.39 is 18.8 Å². The number of aliphatic hydroxyl groups is 2. The van der Waals surface area contributed by atoms with Gasteiger partial charge in [0.05, 0.1) is 35.0 Å². The predicted octanol–water partition coefficient (Wildman–Crippen LogP) is 1.90. The number of phenolic OH excluding ortho intramolecular Hbond substituents is 1. The third kappa shape index (κ3) is 4.29. The number of para-hydroxylation sites is 1. The fourth-order valence-corrected chi connectivity index (χ4v) is 2.59. The van der Waals surface area contributed by atoms with Crippen LogP contribution in [0, 0.1) is 0 Å². The molecule has 2 rings (SSSR count). The van der Waals surface area contributed by atoms with Crippen molar-refractivity contribution in [1.29, 1.82) is 0 Å². The number of benzene rings is 2. The second-order valence-electron chi connectivity index (χ2n) is 5.55. The average molecular weight is 380 g/mol. The van der Waals surface area contributed by atoms with Gasteiger partial charge in [-0.25, -0.2) is 0 Å². The van der Waals surface area contributed by atoms with E-state index in [9.17, 15) is 15.3 Å². The van der Waals surface area contributed by atoms with Crippen LogP contribution in [0.5, 0.6) is 34.5 Å². The molecule has 8 heteroatoms. The van der Waals surface area contributed by atoms with Gasteiger partial charge < -0.3 is 39.0 Å². The molecular weight excluding hydrogens is 356 g/mol. The summed E-state index contributed by atoms with van der Waals surface area (Å²) in [5.41, 5.74) is 0.328. The van der Waals surface area contributed by atoms with E-state index in [2.05, 4.69) is 0 Å². The zero-order valence-electron chi connectivity index (χ0n) is 15.6. The van der Waals surface area contributed by atoms with Crippen molar-refractivity contribution in [3.8, 4) is 34.5 Å². The van der Waals surface area contributed by atoms with Crippen molar-refractivity contribution in [3.05, 3.63) is 35.9 Å². The topological polar surface area (TPSA) is 107 Å². The van der Waals surface area contributed by atoms with Gasteiger partial charge in [0.25, 0.3) is 0 Å². The van der Waals surface area contributed by atoms with E-state index in [0.717, 1.165) is 0 Å². The molecule has 0 radical (unpaired) electrons. The first-order valence-corrected chi connectivity index (χ1v) is 8.12. The van der Waals surface area contributed by atoms with Crippen molar-refractivity contribution in [3.63, 3.8) is 0 Å². The largest absolute Gasteiger partial charge is 0.502 e. The van der Waals surface area contributed by atoms with Crippen LogP contribution in [0.15, 0.2) is 30.3 Å². The van der Waals surface area contributed by atoms with E-state index in [1.54, 1.807) is 18.2 Å². The van der Waals surface area contributed by atoms with E-state index in [4.69, 9.17) is 23.7 Å². The summed E-state index contributed by atoms with van der Waals surface area (Å²) < 4.78 is 26.5. The van der Waals surface area contributed by atoms with Gasteiger partial charge >= 0.3 is 0 Å². The summed E-state index contributed by atoms with van der Waals surface area (Å²) in [6.45, 7) is -0.492. The molecular formula is C19H24O8. The summed E-state index contributed by atoms with van der Waals surface area (Å²) in [5, 5.41) is 30.5. The van der Waals surface area contributed by atoms with Gasteiger partial charge in [0.15, 0.2) is 29.1 Å². The summed E-state index contributed by atoms with van der Waals surface area (Å²) in [5.74, 6) is 1.08. The molecule has 0 saturated carbocycles. The van der Waals surface area contributed by atoms with E-state index in [-0.39, 0.29) is 23.0 Å². The van der Waals surface area contributed by atoms with Gasteiger partial charge in [0.1, 0.15) is 6.10 Å². The lowest BCUT2D eigenvalue weighted by Crippen LogP contribution is -2.29. The predicted molar refractivity (Wildman–Crippen MR) is 97.2 cm³/mol. The minimum Gasteiger partial charge on any atom is -0.502 e. The first kappa shape index (κ1) is 20.5. The van der Waals surface area contributed by atoms with Crippen LogP contribution in [0.25, 0.3) is 0 Å². The number of ether oxygens (including phenoxy) is 5. The maximum atomic E-state index is 10.7. The van der Waals surface area contributed by atoms with Crippen LogP contribution in [0.2, 0.25) is 0 Å². The number of methoxy groups -OCH3 is 4. The highest BCUT2D eigenvalue weighted by atomic mass is 16.6. The lowest BCUT2D eigenvalue weighted by molar-refractivity contribution is -0.00184. The van der Waals surface area contributed by atoms with E-state index >= 15 is 0 Å². The number of rotatable bonds is 9. The smallest absolute Gasteiger partial charge is 0.203 e. The minimum atomic E-state index is -1.26. The second-order valence-corrected chi connectivity index (χ2v) is 5.55. The van der Waals surface area contributed by atoms with Crippen LogP contribution < -0.4 is 23.7 Å². The molecule has 0 heterocycles. The standard InChI is InChI=1S/C19H24O8/c1-23-12-6-5-7-13(24-2)19(12)27-16(10-20)17(21)11-8-14(25-3)18(22)15(9-11)26-4/h5-9,16-17,20-22H,10H2,1-4H3/t16-,17+/m1/s1. The number of aliphatic hydroxyl groups excluding tert-OH is 2. The first-order valence-electron chi connectivity index (χ1n) is 8.12. The molecule has 0 aliphatic carbocycles. The summed E-state index contributed by atoms with van der Waals surface area (Å²) in [6.07, 6.45) is -2.30. The highest BCUT2D eigenvalue weighted by Crippen LogP contribution is 2.41. The summed E-state index contributed by atoms with van der Waals surface area (Å²) in [7, 11) is 5.71. The molecule has 2 atom stereocenters. The fraction of sp³-hybridized carbons (Fsp3) is 0.368. The van der Waals surface area contributed by atoms with E-state index in [1.165, 1.54) is 40.6 Å². The zero-order valence-corrected chi connectivity index (χ0v) is 15.6. The van der Waals surface area contributed by atoms with Gasteiger partial charge in [-0.1, -0.05) is 6.07 Å². The molecule has 0 fully saturated rings. The third-order valence-corrected chi connectivity index (χ3v) is 4.03. The molecule has 0 aromatic heterocycles. The third-order valence-electron chi connectivity index (χ3n) is 4.03. The molecule has 0 aliphatic heterocycles. The van der Waals surface area contributed by atoms with Crippen molar-refractivity contribution >= 4 is 0 Å². The number of hydrogen-bond donors (Lipinski definition) is 3. The fourth-order valence-electron chi connectivity index (χ4n) is 2.59. The molecule has 8 nitrogen and oxygen atoms in total. The maximum absolute atomic E-state index is 10.7. The van der Waals surface area contributed by atoms with Crippen molar-refractivity contribution in [2.24, 2.45) is 0 Å². The molecule has 0 spiro atoms. The molecule has 0 unspecified atom stereocenters. The molecule has 0 saturated heterocycles. The van der Waals surface area contributed by atoms with Crippen molar-refractivity contribution in [1.82, 2.24) is 0 Å². The van der Waals surface area contributed by atoms with Crippen LogP contribution >= 0.6 is 0 Å². The minimum absolute atomic E-state index is 0.120. The van der Waals surface area contributed by atoms with Crippen LogP contribution in [-0.4, -0.2) is 56.5 Å². The second kappa shape index (κ2) is 9.20. The Morgan fingerprint density at radius 2 is 1.33 bits per heavy atom. The number of hydrogen-bond acceptors (Lipinski definition) is 8.